The van der Waals surface area contributed by atoms with E-state index in [1.165, 1.54) is 0 Å². The third-order valence-corrected chi connectivity index (χ3v) is 1.79. The summed E-state index contributed by atoms with van der Waals surface area (Å²) in [5.41, 5.74) is 9.37. The molecule has 16 heavy (non-hydrogen) atoms. The van der Waals surface area contributed by atoms with Crippen molar-refractivity contribution < 1.29 is 9.53 Å². The van der Waals surface area contributed by atoms with Gasteiger partial charge in [0.25, 0.3) is 0 Å². The molecule has 1 aromatic carbocycles. The smallest absolute Gasteiger partial charge is 0.339 e. The summed E-state index contributed by atoms with van der Waals surface area (Å²) in [5, 5.41) is 3.40. The van der Waals surface area contributed by atoms with Gasteiger partial charge in [-0.1, -0.05) is 23.2 Å². The molecule has 80 valence electrons. The quantitative estimate of drug-likeness (QED) is 0.254. The minimum atomic E-state index is -0.465. The molecule has 0 bridgehead atoms. The van der Waals surface area contributed by atoms with Crippen molar-refractivity contribution in [3.63, 3.8) is 0 Å². The molecule has 1 rings (SSSR count). The van der Waals surface area contributed by atoms with Crippen molar-refractivity contribution in [2.45, 2.75) is 6.54 Å². The highest BCUT2D eigenvalue weighted by atomic mass is 16.5. The molecule has 0 saturated heterocycles. The molecule has 0 unspecified atom stereocenters. The van der Waals surface area contributed by atoms with Gasteiger partial charge in [-0.15, -0.1) is 6.42 Å². The van der Waals surface area contributed by atoms with E-state index < -0.39 is 5.97 Å². The molecule has 0 saturated carbocycles. The standard InChI is InChI=1S/C11H9N3O2/c1-2-7-16-11(15)10-5-3-9(4-6-10)8-13-14-12/h1,3-6H,7-8H2. The summed E-state index contributed by atoms with van der Waals surface area (Å²) in [6.45, 7) is 0.218. The van der Waals surface area contributed by atoms with Crippen LogP contribution in [-0.4, -0.2) is 12.6 Å². The first-order chi connectivity index (χ1) is 7.77. The third-order valence-electron chi connectivity index (χ3n) is 1.79. The van der Waals surface area contributed by atoms with Gasteiger partial charge in [-0.05, 0) is 23.2 Å². The maximum Gasteiger partial charge on any atom is 0.339 e. The molecule has 5 nitrogen and oxygen atoms in total. The van der Waals surface area contributed by atoms with Gasteiger partial charge in [0, 0.05) is 4.91 Å². The molecule has 0 atom stereocenters. The Hall–Kier alpha value is -2.44. The molecule has 0 aromatic heterocycles. The highest BCUT2D eigenvalue weighted by Crippen LogP contribution is 2.07. The van der Waals surface area contributed by atoms with Crippen LogP contribution in [0.15, 0.2) is 29.4 Å². The van der Waals surface area contributed by atoms with E-state index >= 15 is 0 Å². The number of hydrogen-bond donors (Lipinski definition) is 0. The minimum Gasteiger partial charge on any atom is -0.449 e. The Bertz CT molecular complexity index is 453. The van der Waals surface area contributed by atoms with E-state index in [-0.39, 0.29) is 13.2 Å². The van der Waals surface area contributed by atoms with E-state index in [2.05, 4.69) is 15.9 Å². The lowest BCUT2D eigenvalue weighted by atomic mass is 10.1. The fourth-order valence-corrected chi connectivity index (χ4v) is 1.05. The first kappa shape index (κ1) is 11.6. The summed E-state index contributed by atoms with van der Waals surface area (Å²) in [6, 6.07) is 6.59. The number of carbonyl (C=O) groups excluding carboxylic acids is 1. The van der Waals surface area contributed by atoms with Gasteiger partial charge in [-0.2, -0.15) is 0 Å². The predicted molar refractivity (Wildman–Crippen MR) is 58.4 cm³/mol. The van der Waals surface area contributed by atoms with Gasteiger partial charge in [-0.3, -0.25) is 0 Å². The lowest BCUT2D eigenvalue weighted by Gasteiger charge is -2.01. The largest absolute Gasteiger partial charge is 0.449 e. The number of hydrogen-bond acceptors (Lipinski definition) is 3. The van der Waals surface area contributed by atoms with Crippen molar-refractivity contribution in [2.24, 2.45) is 5.11 Å². The average Bonchev–Trinajstić information content (AvgIpc) is 2.34. The number of esters is 1. The number of rotatable bonds is 4. The molecule has 1 aromatic rings. The zero-order valence-electron chi connectivity index (χ0n) is 8.46. The monoisotopic (exact) mass is 215 g/mol. The summed E-state index contributed by atoms with van der Waals surface area (Å²) in [5.74, 6) is 1.74. The van der Waals surface area contributed by atoms with E-state index in [9.17, 15) is 4.79 Å². The van der Waals surface area contributed by atoms with Crippen LogP contribution in [0.4, 0.5) is 0 Å². The van der Waals surface area contributed by atoms with Crippen LogP contribution in [0.25, 0.3) is 10.4 Å². The molecule has 0 spiro atoms. The first-order valence-corrected chi connectivity index (χ1v) is 4.48. The number of terminal acetylenes is 1. The zero-order valence-corrected chi connectivity index (χ0v) is 8.46. The zero-order chi connectivity index (χ0) is 11.8. The molecule has 0 N–H and O–H groups in total. The van der Waals surface area contributed by atoms with E-state index in [1.807, 2.05) is 0 Å². The second kappa shape index (κ2) is 6.12. The van der Waals surface area contributed by atoms with Gasteiger partial charge in [-0.25, -0.2) is 4.79 Å². The predicted octanol–water partition coefficient (Wildman–Crippen LogP) is 2.29. The van der Waals surface area contributed by atoms with Crippen molar-refractivity contribution in [1.82, 2.24) is 0 Å². The van der Waals surface area contributed by atoms with E-state index in [0.717, 1.165) is 5.56 Å². The Morgan fingerprint density at radius 2 is 2.19 bits per heavy atom. The summed E-state index contributed by atoms with van der Waals surface area (Å²) < 4.78 is 4.74. The van der Waals surface area contributed by atoms with Gasteiger partial charge >= 0.3 is 5.97 Å². The number of carbonyl (C=O) groups is 1. The Kier molecular flexibility index (Phi) is 4.45. The lowest BCUT2D eigenvalue weighted by Crippen LogP contribution is -2.05. The summed E-state index contributed by atoms with van der Waals surface area (Å²) in [7, 11) is 0. The van der Waals surface area contributed by atoms with E-state index in [4.69, 9.17) is 16.7 Å². The third kappa shape index (κ3) is 3.37. The normalized spacial score (nSPS) is 8.69. The van der Waals surface area contributed by atoms with Crippen LogP contribution in [0.5, 0.6) is 0 Å². The molecule has 0 amide bonds. The highest BCUT2D eigenvalue weighted by molar-refractivity contribution is 5.89. The Balaban J connectivity index is 2.67. The van der Waals surface area contributed by atoms with Gasteiger partial charge < -0.3 is 4.74 Å². The summed E-state index contributed by atoms with van der Waals surface area (Å²) >= 11 is 0. The van der Waals surface area contributed by atoms with Crippen molar-refractivity contribution in [2.75, 3.05) is 6.61 Å². The maximum atomic E-state index is 11.3. The van der Waals surface area contributed by atoms with Crippen LogP contribution < -0.4 is 0 Å². The van der Waals surface area contributed by atoms with Crippen LogP contribution in [-0.2, 0) is 11.3 Å². The van der Waals surface area contributed by atoms with Crippen molar-refractivity contribution >= 4 is 5.97 Å². The molecule has 0 aliphatic rings. The molecule has 0 aliphatic heterocycles. The molecule has 5 heteroatoms. The van der Waals surface area contributed by atoms with Gasteiger partial charge in [0.15, 0.2) is 6.61 Å². The van der Waals surface area contributed by atoms with Gasteiger partial charge in [0.2, 0.25) is 0 Å². The van der Waals surface area contributed by atoms with Crippen LogP contribution in [0.1, 0.15) is 15.9 Å². The Morgan fingerprint density at radius 1 is 1.50 bits per heavy atom. The van der Waals surface area contributed by atoms with Crippen molar-refractivity contribution in [3.05, 3.63) is 45.8 Å². The lowest BCUT2D eigenvalue weighted by molar-refractivity contribution is 0.0557. The topological polar surface area (TPSA) is 75.1 Å². The van der Waals surface area contributed by atoms with E-state index in [1.54, 1.807) is 24.3 Å². The SMILES string of the molecule is C#CCOC(=O)c1ccc(CN=[N+]=[N-])cc1. The number of nitrogens with zero attached hydrogens (tertiary/aromatic N) is 3. The van der Waals surface area contributed by atoms with Crippen LogP contribution in [0.2, 0.25) is 0 Å². The number of benzene rings is 1. The molecule has 0 aliphatic carbocycles. The highest BCUT2D eigenvalue weighted by Gasteiger charge is 2.05. The van der Waals surface area contributed by atoms with E-state index in [0.29, 0.717) is 5.56 Å². The molecule has 0 fully saturated rings. The first-order valence-electron chi connectivity index (χ1n) is 4.48. The van der Waals surface area contributed by atoms with Crippen molar-refractivity contribution in [3.8, 4) is 12.3 Å². The number of azide groups is 1. The van der Waals surface area contributed by atoms with Crippen molar-refractivity contribution in [1.29, 1.82) is 0 Å². The molecule has 0 heterocycles. The van der Waals surface area contributed by atoms with Gasteiger partial charge in [0.05, 0.1) is 12.1 Å². The van der Waals surface area contributed by atoms with Crippen LogP contribution >= 0.6 is 0 Å². The van der Waals surface area contributed by atoms with Crippen LogP contribution in [0.3, 0.4) is 0 Å². The molecular formula is C11H9N3O2. The molecular weight excluding hydrogens is 206 g/mol. The summed E-state index contributed by atoms with van der Waals surface area (Å²) in [6.07, 6.45) is 4.96. The van der Waals surface area contributed by atoms with Gasteiger partial charge in [0.1, 0.15) is 0 Å². The van der Waals surface area contributed by atoms with Crippen LogP contribution in [0, 0.1) is 12.3 Å². The minimum absolute atomic E-state index is 0.0424. The second-order valence-corrected chi connectivity index (χ2v) is 2.87. The molecule has 0 radical (unpaired) electrons. The Labute approximate surface area is 92.7 Å². The fourth-order valence-electron chi connectivity index (χ4n) is 1.05. The fraction of sp³-hybridized carbons (Fsp3) is 0.182. The summed E-state index contributed by atoms with van der Waals surface area (Å²) in [4.78, 5) is 14.0. The second-order valence-electron chi connectivity index (χ2n) is 2.87. The number of ether oxygens (including phenoxy) is 1. The Morgan fingerprint density at radius 3 is 2.75 bits per heavy atom. The maximum absolute atomic E-state index is 11.3. The average molecular weight is 215 g/mol.